The van der Waals surface area contributed by atoms with Crippen LogP contribution >= 0.6 is 15.9 Å². The summed E-state index contributed by atoms with van der Waals surface area (Å²) in [5, 5.41) is 12.1. The molecule has 0 bridgehead atoms. The van der Waals surface area contributed by atoms with Crippen LogP contribution in [-0.2, 0) is 4.79 Å². The van der Waals surface area contributed by atoms with Gasteiger partial charge in [0.15, 0.2) is 0 Å². The summed E-state index contributed by atoms with van der Waals surface area (Å²) in [6, 6.07) is 15.5. The van der Waals surface area contributed by atoms with Crippen LogP contribution in [0.15, 0.2) is 64.8 Å². The summed E-state index contributed by atoms with van der Waals surface area (Å²) >= 11 is 3.34. The van der Waals surface area contributed by atoms with E-state index >= 15 is 0 Å². The molecule has 27 heavy (non-hydrogen) atoms. The fraction of sp³-hybridized carbons (Fsp3) is 0.200. The SMILES string of the molecule is N#C/C(=C/N1CCN(c2ccc(F)cc2)CC1)C(=O)Nc1ccc(Br)cc1. The number of hydrogen-bond donors (Lipinski definition) is 1. The Hall–Kier alpha value is -2.85. The number of carbonyl (C=O) groups is 1. The van der Waals surface area contributed by atoms with Gasteiger partial charge in [-0.25, -0.2) is 4.39 Å². The predicted octanol–water partition coefficient (Wildman–Crippen LogP) is 3.76. The van der Waals surface area contributed by atoms with Crippen LogP contribution in [0.1, 0.15) is 0 Å². The van der Waals surface area contributed by atoms with Gasteiger partial charge in [0.2, 0.25) is 0 Å². The maximum absolute atomic E-state index is 13.0. The number of carbonyl (C=O) groups excluding carboxylic acids is 1. The van der Waals surface area contributed by atoms with E-state index < -0.39 is 5.91 Å². The van der Waals surface area contributed by atoms with Crippen molar-refractivity contribution in [3.05, 3.63) is 70.6 Å². The molecule has 7 heteroatoms. The zero-order valence-corrected chi connectivity index (χ0v) is 16.1. The van der Waals surface area contributed by atoms with Crippen molar-refractivity contribution in [2.45, 2.75) is 0 Å². The van der Waals surface area contributed by atoms with Gasteiger partial charge in [-0.05, 0) is 48.5 Å². The van der Waals surface area contributed by atoms with Gasteiger partial charge in [0, 0.05) is 48.2 Å². The standard InChI is InChI=1S/C20H18BrFN4O/c21-16-1-5-18(6-2-16)24-20(27)15(13-23)14-25-9-11-26(12-10-25)19-7-3-17(22)4-8-19/h1-8,14H,9-12H2,(H,24,27)/b15-14-. The van der Waals surface area contributed by atoms with Gasteiger partial charge in [-0.1, -0.05) is 15.9 Å². The smallest absolute Gasteiger partial charge is 0.267 e. The van der Waals surface area contributed by atoms with Crippen molar-refractivity contribution in [2.75, 3.05) is 36.4 Å². The van der Waals surface area contributed by atoms with Crippen LogP contribution in [0.5, 0.6) is 0 Å². The highest BCUT2D eigenvalue weighted by Gasteiger charge is 2.18. The summed E-state index contributed by atoms with van der Waals surface area (Å²) in [4.78, 5) is 16.4. The summed E-state index contributed by atoms with van der Waals surface area (Å²) < 4.78 is 14.0. The molecule has 0 radical (unpaired) electrons. The Morgan fingerprint density at radius 1 is 1.07 bits per heavy atom. The number of piperazine rings is 1. The molecule has 1 N–H and O–H groups in total. The minimum atomic E-state index is -0.430. The molecular formula is C20H18BrFN4O. The normalized spacial score (nSPS) is 14.6. The first-order valence-electron chi connectivity index (χ1n) is 8.48. The van der Waals surface area contributed by atoms with Crippen LogP contribution in [0.2, 0.25) is 0 Å². The quantitative estimate of drug-likeness (QED) is 0.594. The van der Waals surface area contributed by atoms with Gasteiger partial charge in [0.25, 0.3) is 5.91 Å². The van der Waals surface area contributed by atoms with Gasteiger partial charge >= 0.3 is 0 Å². The molecule has 0 spiro atoms. The van der Waals surface area contributed by atoms with Gasteiger partial charge in [0.05, 0.1) is 0 Å². The summed E-state index contributed by atoms with van der Waals surface area (Å²) in [7, 11) is 0. The van der Waals surface area contributed by atoms with Gasteiger partial charge in [0.1, 0.15) is 17.5 Å². The van der Waals surface area contributed by atoms with Crippen molar-refractivity contribution in [3.63, 3.8) is 0 Å². The molecule has 0 aromatic heterocycles. The molecule has 1 fully saturated rings. The molecule has 5 nitrogen and oxygen atoms in total. The molecule has 138 valence electrons. The summed E-state index contributed by atoms with van der Waals surface area (Å²) in [5.41, 5.74) is 1.66. The average molecular weight is 429 g/mol. The number of halogens is 2. The number of amides is 1. The maximum Gasteiger partial charge on any atom is 0.267 e. The van der Waals surface area contributed by atoms with Crippen molar-refractivity contribution in [1.82, 2.24) is 4.90 Å². The van der Waals surface area contributed by atoms with E-state index in [0.717, 1.165) is 23.2 Å². The minimum Gasteiger partial charge on any atom is -0.373 e. The van der Waals surface area contributed by atoms with Gasteiger partial charge < -0.3 is 15.1 Å². The lowest BCUT2D eigenvalue weighted by Gasteiger charge is -2.35. The van der Waals surface area contributed by atoms with Crippen LogP contribution in [-0.4, -0.2) is 37.0 Å². The highest BCUT2D eigenvalue weighted by atomic mass is 79.9. The molecule has 3 rings (SSSR count). The van der Waals surface area contributed by atoms with Crippen molar-refractivity contribution < 1.29 is 9.18 Å². The highest BCUT2D eigenvalue weighted by molar-refractivity contribution is 9.10. The highest BCUT2D eigenvalue weighted by Crippen LogP contribution is 2.18. The van der Waals surface area contributed by atoms with E-state index in [1.54, 1.807) is 30.5 Å². The third-order valence-electron chi connectivity index (χ3n) is 4.28. The number of rotatable bonds is 4. The minimum absolute atomic E-state index is 0.0631. The number of nitrogens with one attached hydrogen (secondary N) is 1. The second kappa shape index (κ2) is 8.69. The Morgan fingerprint density at radius 3 is 2.30 bits per heavy atom. The second-order valence-electron chi connectivity index (χ2n) is 6.12. The Balaban J connectivity index is 1.59. The number of nitriles is 1. The van der Waals surface area contributed by atoms with Crippen molar-refractivity contribution in [2.24, 2.45) is 0 Å². The molecule has 1 heterocycles. The molecule has 2 aromatic carbocycles. The summed E-state index contributed by atoms with van der Waals surface area (Å²) in [6.07, 6.45) is 1.61. The molecule has 0 unspecified atom stereocenters. The Morgan fingerprint density at radius 2 is 1.70 bits per heavy atom. The van der Waals surface area contributed by atoms with Crippen LogP contribution in [0.3, 0.4) is 0 Å². The van der Waals surface area contributed by atoms with Crippen molar-refractivity contribution >= 4 is 33.2 Å². The zero-order chi connectivity index (χ0) is 19.2. The topological polar surface area (TPSA) is 59.4 Å². The van der Waals surface area contributed by atoms with Crippen LogP contribution in [0.25, 0.3) is 0 Å². The number of hydrogen-bond acceptors (Lipinski definition) is 4. The monoisotopic (exact) mass is 428 g/mol. The molecular weight excluding hydrogens is 411 g/mol. The Labute approximate surface area is 165 Å². The van der Waals surface area contributed by atoms with E-state index in [9.17, 15) is 14.4 Å². The predicted molar refractivity (Wildman–Crippen MR) is 107 cm³/mol. The van der Waals surface area contributed by atoms with Crippen molar-refractivity contribution in [3.8, 4) is 6.07 Å². The molecule has 1 amide bonds. The maximum atomic E-state index is 13.0. The number of anilines is 2. The van der Waals surface area contributed by atoms with Crippen molar-refractivity contribution in [1.29, 1.82) is 5.26 Å². The first-order valence-corrected chi connectivity index (χ1v) is 9.28. The van der Waals surface area contributed by atoms with E-state index in [0.29, 0.717) is 18.8 Å². The largest absolute Gasteiger partial charge is 0.373 e. The lowest BCUT2D eigenvalue weighted by atomic mass is 10.2. The Bertz CT molecular complexity index is 866. The molecule has 0 aliphatic carbocycles. The lowest BCUT2D eigenvalue weighted by Crippen LogP contribution is -2.44. The van der Waals surface area contributed by atoms with E-state index in [4.69, 9.17) is 0 Å². The Kier molecular flexibility index (Phi) is 6.09. The van der Waals surface area contributed by atoms with Crippen LogP contribution in [0.4, 0.5) is 15.8 Å². The van der Waals surface area contributed by atoms with Gasteiger partial charge in [-0.2, -0.15) is 5.26 Å². The molecule has 1 saturated heterocycles. The van der Waals surface area contributed by atoms with Gasteiger partial charge in [-0.3, -0.25) is 4.79 Å². The molecule has 1 aliphatic heterocycles. The van der Waals surface area contributed by atoms with E-state index in [1.165, 1.54) is 12.1 Å². The molecule has 0 saturated carbocycles. The molecule has 2 aromatic rings. The van der Waals surface area contributed by atoms with Crippen LogP contribution in [0, 0.1) is 17.1 Å². The number of nitrogens with zero attached hydrogens (tertiary/aromatic N) is 3. The first-order chi connectivity index (χ1) is 13.0. The molecule has 0 atom stereocenters. The number of benzene rings is 2. The fourth-order valence-electron chi connectivity index (χ4n) is 2.81. The molecule has 1 aliphatic rings. The average Bonchev–Trinajstić information content (AvgIpc) is 2.69. The third-order valence-corrected chi connectivity index (χ3v) is 4.81. The summed E-state index contributed by atoms with van der Waals surface area (Å²) in [6.45, 7) is 2.81. The van der Waals surface area contributed by atoms with Gasteiger partial charge in [-0.15, -0.1) is 0 Å². The van der Waals surface area contributed by atoms with E-state index in [-0.39, 0.29) is 11.4 Å². The second-order valence-corrected chi connectivity index (χ2v) is 7.03. The van der Waals surface area contributed by atoms with E-state index in [2.05, 4.69) is 26.1 Å². The first kappa shape index (κ1) is 18.9. The fourth-order valence-corrected chi connectivity index (χ4v) is 3.08. The third kappa shape index (κ3) is 5.08. The summed E-state index contributed by atoms with van der Waals surface area (Å²) in [5.74, 6) is -0.684. The van der Waals surface area contributed by atoms with Crippen LogP contribution < -0.4 is 10.2 Å². The zero-order valence-electron chi connectivity index (χ0n) is 14.5. The lowest BCUT2D eigenvalue weighted by molar-refractivity contribution is -0.112. The van der Waals surface area contributed by atoms with E-state index in [1.807, 2.05) is 23.1 Å².